The second kappa shape index (κ2) is 7.23. The minimum atomic E-state index is -0.519. The monoisotopic (exact) mass is 360 g/mol. The Morgan fingerprint density at radius 3 is 2.58 bits per heavy atom. The molecule has 0 spiro atoms. The van der Waals surface area contributed by atoms with Gasteiger partial charge in [-0.1, -0.05) is 0 Å². The SMILES string of the molecule is CC(=O)N1CCCN(C(=O)Nc2ccc3c(c2)N(C)C(=O)[C@H](C)O3)CC1. The summed E-state index contributed by atoms with van der Waals surface area (Å²) in [5.74, 6) is 0.520. The van der Waals surface area contributed by atoms with Crippen LogP contribution in [0.15, 0.2) is 18.2 Å². The summed E-state index contributed by atoms with van der Waals surface area (Å²) >= 11 is 0. The molecule has 0 bridgehead atoms. The molecule has 2 aliphatic rings. The van der Waals surface area contributed by atoms with Gasteiger partial charge in [0.05, 0.1) is 5.69 Å². The van der Waals surface area contributed by atoms with Crippen LogP contribution in [0.4, 0.5) is 16.2 Å². The lowest BCUT2D eigenvalue weighted by Gasteiger charge is -2.30. The van der Waals surface area contributed by atoms with Crippen molar-refractivity contribution in [3.8, 4) is 5.75 Å². The van der Waals surface area contributed by atoms with Crippen molar-refractivity contribution < 1.29 is 19.1 Å². The lowest BCUT2D eigenvalue weighted by atomic mass is 10.2. The Morgan fingerprint density at radius 2 is 1.85 bits per heavy atom. The lowest BCUT2D eigenvalue weighted by molar-refractivity contribution is -0.128. The van der Waals surface area contributed by atoms with Gasteiger partial charge in [-0.2, -0.15) is 0 Å². The van der Waals surface area contributed by atoms with E-state index in [-0.39, 0.29) is 17.8 Å². The fourth-order valence-corrected chi connectivity index (χ4v) is 3.23. The molecule has 1 aromatic rings. The van der Waals surface area contributed by atoms with Crippen LogP contribution in [0.5, 0.6) is 5.75 Å². The highest BCUT2D eigenvalue weighted by atomic mass is 16.5. The molecule has 1 N–H and O–H groups in total. The number of hydrogen-bond acceptors (Lipinski definition) is 4. The average Bonchev–Trinajstić information content (AvgIpc) is 2.87. The quantitative estimate of drug-likeness (QED) is 0.823. The summed E-state index contributed by atoms with van der Waals surface area (Å²) < 4.78 is 5.59. The highest BCUT2D eigenvalue weighted by Gasteiger charge is 2.29. The molecule has 8 heteroatoms. The van der Waals surface area contributed by atoms with Crippen molar-refractivity contribution in [1.82, 2.24) is 9.80 Å². The number of fused-ring (bicyclic) bond motifs is 1. The Hall–Kier alpha value is -2.77. The Bertz CT molecular complexity index is 736. The molecule has 4 amide bonds. The van der Waals surface area contributed by atoms with Crippen molar-refractivity contribution in [2.45, 2.75) is 26.4 Å². The first-order valence-corrected chi connectivity index (χ1v) is 8.76. The van der Waals surface area contributed by atoms with Gasteiger partial charge < -0.3 is 24.8 Å². The molecule has 1 saturated heterocycles. The predicted molar refractivity (Wildman–Crippen MR) is 97.4 cm³/mol. The molecule has 1 fully saturated rings. The number of ether oxygens (including phenoxy) is 1. The summed E-state index contributed by atoms with van der Waals surface area (Å²) in [5, 5.41) is 2.87. The lowest BCUT2D eigenvalue weighted by Crippen LogP contribution is -2.42. The van der Waals surface area contributed by atoms with E-state index in [0.29, 0.717) is 43.3 Å². The van der Waals surface area contributed by atoms with Gasteiger partial charge in [0.1, 0.15) is 5.75 Å². The van der Waals surface area contributed by atoms with Gasteiger partial charge in [0, 0.05) is 45.8 Å². The van der Waals surface area contributed by atoms with E-state index in [9.17, 15) is 14.4 Å². The van der Waals surface area contributed by atoms with E-state index in [0.717, 1.165) is 6.42 Å². The minimum absolute atomic E-state index is 0.0314. The van der Waals surface area contributed by atoms with E-state index in [1.807, 2.05) is 0 Å². The second-order valence-electron chi connectivity index (χ2n) is 6.62. The minimum Gasteiger partial charge on any atom is -0.479 e. The van der Waals surface area contributed by atoms with Crippen molar-refractivity contribution in [3.63, 3.8) is 0 Å². The summed E-state index contributed by atoms with van der Waals surface area (Å²) in [4.78, 5) is 41.1. The van der Waals surface area contributed by atoms with E-state index in [4.69, 9.17) is 4.74 Å². The molecule has 1 aromatic carbocycles. The zero-order chi connectivity index (χ0) is 18.8. The number of nitrogens with zero attached hydrogens (tertiary/aromatic N) is 3. The van der Waals surface area contributed by atoms with Gasteiger partial charge in [0.25, 0.3) is 5.91 Å². The van der Waals surface area contributed by atoms with E-state index < -0.39 is 6.10 Å². The van der Waals surface area contributed by atoms with Crippen LogP contribution in [-0.4, -0.2) is 67.0 Å². The fraction of sp³-hybridized carbons (Fsp3) is 0.500. The largest absolute Gasteiger partial charge is 0.479 e. The van der Waals surface area contributed by atoms with Crippen LogP contribution in [0, 0.1) is 0 Å². The third-order valence-corrected chi connectivity index (χ3v) is 4.78. The molecule has 140 valence electrons. The number of urea groups is 1. The average molecular weight is 360 g/mol. The molecule has 2 heterocycles. The van der Waals surface area contributed by atoms with Gasteiger partial charge >= 0.3 is 6.03 Å². The third-order valence-electron chi connectivity index (χ3n) is 4.78. The number of rotatable bonds is 1. The Balaban J connectivity index is 1.69. The van der Waals surface area contributed by atoms with E-state index in [1.54, 1.807) is 48.9 Å². The molecule has 0 unspecified atom stereocenters. The predicted octanol–water partition coefficient (Wildman–Crippen LogP) is 1.52. The Labute approximate surface area is 152 Å². The molecular formula is C18H24N4O4. The van der Waals surface area contributed by atoms with Gasteiger partial charge in [-0.3, -0.25) is 9.59 Å². The number of carbonyl (C=O) groups excluding carboxylic acids is 3. The summed E-state index contributed by atoms with van der Waals surface area (Å²) in [6.07, 6.45) is 0.231. The molecule has 0 radical (unpaired) electrons. The van der Waals surface area contributed by atoms with Gasteiger partial charge in [-0.05, 0) is 31.5 Å². The van der Waals surface area contributed by atoms with Crippen LogP contribution >= 0.6 is 0 Å². The summed E-state index contributed by atoms with van der Waals surface area (Å²) in [5.41, 5.74) is 1.23. The molecular weight excluding hydrogens is 336 g/mol. The summed E-state index contributed by atoms with van der Waals surface area (Å²) in [6, 6.07) is 5.03. The first-order valence-electron chi connectivity index (χ1n) is 8.76. The van der Waals surface area contributed by atoms with Crippen LogP contribution in [0.1, 0.15) is 20.3 Å². The number of likely N-dealkylation sites (N-methyl/N-ethyl adjacent to an activating group) is 1. The molecule has 1 atom stereocenters. The highest BCUT2D eigenvalue weighted by molar-refractivity contribution is 6.00. The van der Waals surface area contributed by atoms with Crippen molar-refractivity contribution in [2.75, 3.05) is 43.4 Å². The normalized spacial score (nSPS) is 20.2. The third kappa shape index (κ3) is 3.58. The first-order chi connectivity index (χ1) is 12.4. The Morgan fingerprint density at radius 1 is 1.15 bits per heavy atom. The molecule has 3 rings (SSSR count). The van der Waals surface area contributed by atoms with Crippen LogP contribution in [0.25, 0.3) is 0 Å². The standard InChI is InChI=1S/C18H24N4O4/c1-12-17(24)20(3)15-11-14(5-6-16(15)26-12)19-18(25)22-8-4-7-21(9-10-22)13(2)23/h5-6,11-12H,4,7-10H2,1-3H3,(H,19,25)/t12-/m0/s1. The van der Waals surface area contributed by atoms with E-state index in [1.165, 1.54) is 4.90 Å². The van der Waals surface area contributed by atoms with Crippen molar-refractivity contribution >= 4 is 29.2 Å². The molecule has 0 aromatic heterocycles. The maximum Gasteiger partial charge on any atom is 0.321 e. The van der Waals surface area contributed by atoms with Crippen LogP contribution in [0.2, 0.25) is 0 Å². The number of amides is 4. The number of anilines is 2. The second-order valence-corrected chi connectivity index (χ2v) is 6.62. The van der Waals surface area contributed by atoms with Gasteiger partial charge in [0.15, 0.2) is 6.10 Å². The van der Waals surface area contributed by atoms with Crippen LogP contribution in [0.3, 0.4) is 0 Å². The number of benzene rings is 1. The maximum absolute atomic E-state index is 12.6. The van der Waals surface area contributed by atoms with Gasteiger partial charge in [-0.25, -0.2) is 4.79 Å². The van der Waals surface area contributed by atoms with E-state index >= 15 is 0 Å². The highest BCUT2D eigenvalue weighted by Crippen LogP contribution is 2.35. The molecule has 26 heavy (non-hydrogen) atoms. The van der Waals surface area contributed by atoms with Gasteiger partial charge in [-0.15, -0.1) is 0 Å². The molecule has 0 aliphatic carbocycles. The van der Waals surface area contributed by atoms with Crippen molar-refractivity contribution in [1.29, 1.82) is 0 Å². The smallest absolute Gasteiger partial charge is 0.321 e. The first kappa shape index (κ1) is 18.0. The van der Waals surface area contributed by atoms with E-state index in [2.05, 4.69) is 5.32 Å². The van der Waals surface area contributed by atoms with Gasteiger partial charge in [0.2, 0.25) is 5.91 Å². The molecule has 0 saturated carbocycles. The number of carbonyl (C=O) groups is 3. The van der Waals surface area contributed by atoms with Crippen molar-refractivity contribution in [3.05, 3.63) is 18.2 Å². The fourth-order valence-electron chi connectivity index (χ4n) is 3.23. The Kier molecular flexibility index (Phi) is 5.01. The zero-order valence-corrected chi connectivity index (χ0v) is 15.3. The van der Waals surface area contributed by atoms with Crippen LogP contribution in [-0.2, 0) is 9.59 Å². The maximum atomic E-state index is 12.6. The summed E-state index contributed by atoms with van der Waals surface area (Å²) in [6.45, 7) is 5.55. The van der Waals surface area contributed by atoms with Crippen molar-refractivity contribution in [2.24, 2.45) is 0 Å². The van der Waals surface area contributed by atoms with Crippen LogP contribution < -0.4 is 15.0 Å². The summed E-state index contributed by atoms with van der Waals surface area (Å²) in [7, 11) is 1.69. The number of nitrogens with one attached hydrogen (secondary N) is 1. The zero-order valence-electron chi connectivity index (χ0n) is 15.3. The molecule has 8 nitrogen and oxygen atoms in total. The number of hydrogen-bond donors (Lipinski definition) is 1. The molecule has 2 aliphatic heterocycles. The topological polar surface area (TPSA) is 82.2 Å².